The molecule has 0 aliphatic rings. The van der Waals surface area contributed by atoms with Crippen molar-refractivity contribution in [1.82, 2.24) is 5.32 Å². The number of hydrogen-bond donors (Lipinski definition) is 1. The molecule has 0 rings (SSSR count). The largest absolute Gasteiger partial charge is 0.344 e. The predicted molar refractivity (Wildman–Crippen MR) is 33.1 cm³/mol. The third-order valence-corrected chi connectivity index (χ3v) is 0.694. The first kappa shape index (κ1) is 7.21. The highest BCUT2D eigenvalue weighted by Gasteiger charge is 1.71. The van der Waals surface area contributed by atoms with Crippen LogP contribution in [0.4, 0.5) is 0 Å². The van der Waals surface area contributed by atoms with Crippen LogP contribution in [0.5, 0.6) is 0 Å². The summed E-state index contributed by atoms with van der Waals surface area (Å²) in [5.74, 6) is 0. The summed E-state index contributed by atoms with van der Waals surface area (Å²) in [7, 11) is 0. The van der Waals surface area contributed by atoms with E-state index >= 15 is 0 Å². The molecule has 0 saturated carbocycles. The first-order valence-corrected chi connectivity index (χ1v) is 2.66. The Balaban J connectivity index is 2.90. The zero-order valence-corrected chi connectivity index (χ0v) is 4.98. The van der Waals surface area contributed by atoms with E-state index in [2.05, 4.69) is 5.32 Å². The van der Waals surface area contributed by atoms with Crippen LogP contribution in [0, 0.1) is 0 Å². The van der Waals surface area contributed by atoms with Gasteiger partial charge < -0.3 is 5.32 Å². The van der Waals surface area contributed by atoms with E-state index in [0.717, 1.165) is 6.42 Å². The molecule has 0 bridgehead atoms. The lowest BCUT2D eigenvalue weighted by Gasteiger charge is -1.83. The van der Waals surface area contributed by atoms with Gasteiger partial charge in [-0.1, -0.05) is 19.1 Å². The van der Waals surface area contributed by atoms with Gasteiger partial charge in [-0.15, -0.1) is 0 Å². The van der Waals surface area contributed by atoms with Gasteiger partial charge in [0.15, 0.2) is 0 Å². The lowest BCUT2D eigenvalue weighted by molar-refractivity contribution is 0.546. The number of hydrogen-bond acceptors (Lipinski definition) is 1. The van der Waals surface area contributed by atoms with Crippen LogP contribution in [-0.2, 0) is 4.79 Å². The number of carbonyl (C=O) groups excluding carboxylic acids is 1. The molecule has 0 aromatic carbocycles. The average Bonchev–Trinajstić information content (AvgIpc) is 1.81. The second-order valence-corrected chi connectivity index (χ2v) is 1.36. The van der Waals surface area contributed by atoms with E-state index in [1.165, 1.54) is 0 Å². The molecule has 0 unspecified atom stereocenters. The van der Waals surface area contributed by atoms with E-state index in [9.17, 15) is 4.79 Å². The first-order chi connectivity index (χ1) is 3.91. The van der Waals surface area contributed by atoms with Crippen molar-refractivity contribution in [2.45, 2.75) is 13.3 Å². The minimum absolute atomic E-state index is 0.595. The van der Waals surface area contributed by atoms with Gasteiger partial charge in [0.2, 0.25) is 0 Å². The fourth-order valence-electron chi connectivity index (χ4n) is 0.351. The molecular weight excluding hydrogens is 102 g/mol. The maximum absolute atomic E-state index is 9.50. The highest BCUT2D eigenvalue weighted by atomic mass is 16.1. The van der Waals surface area contributed by atoms with Gasteiger partial charge >= 0.3 is 6.41 Å². The predicted octanol–water partition coefficient (Wildman–Crippen LogP) is 0.609. The van der Waals surface area contributed by atoms with E-state index in [-0.39, 0.29) is 0 Å². The Bertz CT molecular complexity index is 78.6. The molecular formula is C6H10NO. The monoisotopic (exact) mass is 112 g/mol. The van der Waals surface area contributed by atoms with Crippen LogP contribution >= 0.6 is 0 Å². The van der Waals surface area contributed by atoms with Gasteiger partial charge in [-0.3, -0.25) is 4.79 Å². The minimum Gasteiger partial charge on any atom is -0.344 e. The molecule has 0 aliphatic heterocycles. The highest BCUT2D eigenvalue weighted by molar-refractivity contribution is 5.47. The molecule has 0 atom stereocenters. The number of nitrogens with one attached hydrogen (secondary N) is 1. The number of rotatable bonds is 4. The lowest BCUT2D eigenvalue weighted by Crippen LogP contribution is -2.08. The topological polar surface area (TPSA) is 29.1 Å². The van der Waals surface area contributed by atoms with Crippen LogP contribution in [0.15, 0.2) is 12.2 Å². The van der Waals surface area contributed by atoms with Gasteiger partial charge in [0.1, 0.15) is 0 Å². The maximum atomic E-state index is 9.50. The Morgan fingerprint density at radius 2 is 2.38 bits per heavy atom. The molecule has 0 aliphatic carbocycles. The van der Waals surface area contributed by atoms with Crippen LogP contribution in [0.2, 0.25) is 0 Å². The molecule has 8 heavy (non-hydrogen) atoms. The van der Waals surface area contributed by atoms with Crippen molar-refractivity contribution in [2.24, 2.45) is 0 Å². The van der Waals surface area contributed by atoms with Crippen LogP contribution < -0.4 is 5.32 Å². The molecule has 0 fully saturated rings. The molecule has 1 radical (unpaired) electrons. The molecule has 0 saturated heterocycles. The van der Waals surface area contributed by atoms with Gasteiger partial charge in [-0.2, -0.15) is 0 Å². The Kier molecular flexibility index (Phi) is 5.60. The second-order valence-electron chi connectivity index (χ2n) is 1.36. The summed E-state index contributed by atoms with van der Waals surface area (Å²) in [6, 6.07) is 0. The third kappa shape index (κ3) is 5.21. The summed E-state index contributed by atoms with van der Waals surface area (Å²) >= 11 is 0. The normalized spacial score (nSPS) is 9.62. The summed E-state index contributed by atoms with van der Waals surface area (Å²) in [6.45, 7) is 2.64. The van der Waals surface area contributed by atoms with Gasteiger partial charge in [-0.05, 0) is 6.42 Å². The quantitative estimate of drug-likeness (QED) is 0.322. The molecule has 2 heteroatoms. The van der Waals surface area contributed by atoms with Crippen molar-refractivity contribution in [1.29, 1.82) is 0 Å². The van der Waals surface area contributed by atoms with E-state index in [4.69, 9.17) is 0 Å². The average molecular weight is 112 g/mol. The smallest absolute Gasteiger partial charge is 0.309 e. The van der Waals surface area contributed by atoms with Crippen LogP contribution in [0.3, 0.4) is 0 Å². The summed E-state index contributed by atoms with van der Waals surface area (Å²) < 4.78 is 0. The molecule has 0 aromatic heterocycles. The Labute approximate surface area is 49.6 Å². The zero-order valence-electron chi connectivity index (χ0n) is 4.98. The lowest BCUT2D eigenvalue weighted by atomic mass is 10.4. The molecule has 1 amide bonds. The van der Waals surface area contributed by atoms with Gasteiger partial charge in [0.05, 0.1) is 0 Å². The van der Waals surface area contributed by atoms with E-state index in [1.807, 2.05) is 19.1 Å². The van der Waals surface area contributed by atoms with Gasteiger partial charge in [0, 0.05) is 6.54 Å². The summed E-state index contributed by atoms with van der Waals surface area (Å²) in [4.78, 5) is 9.50. The van der Waals surface area contributed by atoms with Crippen molar-refractivity contribution < 1.29 is 4.79 Å². The Morgan fingerprint density at radius 3 is 2.88 bits per heavy atom. The Hall–Kier alpha value is -0.790. The maximum Gasteiger partial charge on any atom is 0.309 e. The Morgan fingerprint density at radius 1 is 1.62 bits per heavy atom. The first-order valence-electron chi connectivity index (χ1n) is 2.66. The highest BCUT2D eigenvalue weighted by Crippen LogP contribution is 1.75. The van der Waals surface area contributed by atoms with E-state index in [1.54, 1.807) is 6.41 Å². The molecule has 0 aromatic rings. The van der Waals surface area contributed by atoms with Gasteiger partial charge in [-0.25, -0.2) is 0 Å². The molecule has 2 nitrogen and oxygen atoms in total. The van der Waals surface area contributed by atoms with Crippen molar-refractivity contribution in [2.75, 3.05) is 6.54 Å². The molecule has 45 valence electrons. The molecule has 1 N–H and O–H groups in total. The minimum atomic E-state index is 0.595. The third-order valence-electron chi connectivity index (χ3n) is 0.694. The van der Waals surface area contributed by atoms with Crippen LogP contribution in [0.25, 0.3) is 0 Å². The van der Waals surface area contributed by atoms with Crippen molar-refractivity contribution in [3.05, 3.63) is 12.2 Å². The van der Waals surface area contributed by atoms with E-state index < -0.39 is 0 Å². The number of allylic oxidation sites excluding steroid dienone is 1. The van der Waals surface area contributed by atoms with Gasteiger partial charge in [0.25, 0.3) is 0 Å². The summed E-state index contributed by atoms with van der Waals surface area (Å²) in [5, 5.41) is 2.39. The van der Waals surface area contributed by atoms with E-state index in [0.29, 0.717) is 6.54 Å². The molecule has 0 heterocycles. The van der Waals surface area contributed by atoms with Crippen molar-refractivity contribution in [3.63, 3.8) is 0 Å². The fraction of sp³-hybridized carbons (Fsp3) is 0.500. The summed E-state index contributed by atoms with van der Waals surface area (Å²) in [5.41, 5.74) is 0. The standard InChI is InChI=1S/C6H10NO/c1-2-3-4-5-7-6-8/h3-4H,2,5H2,1H3,(H,7,8)/b4-3+. The fourth-order valence-corrected chi connectivity index (χ4v) is 0.351. The van der Waals surface area contributed by atoms with Crippen LogP contribution in [0.1, 0.15) is 13.3 Å². The SMILES string of the molecule is CC/C=C/CN[C]=O. The van der Waals surface area contributed by atoms with Crippen molar-refractivity contribution in [3.8, 4) is 0 Å². The van der Waals surface area contributed by atoms with Crippen molar-refractivity contribution >= 4 is 6.41 Å². The number of amides is 1. The summed E-state index contributed by atoms with van der Waals surface area (Å²) in [6.07, 6.45) is 6.47. The zero-order chi connectivity index (χ0) is 6.24. The molecule has 0 spiro atoms. The second kappa shape index (κ2) is 6.21. The van der Waals surface area contributed by atoms with Crippen LogP contribution in [-0.4, -0.2) is 13.0 Å².